The summed E-state index contributed by atoms with van der Waals surface area (Å²) in [6, 6.07) is 22.7. The molecule has 0 aromatic heterocycles. The minimum absolute atomic E-state index is 0. The molecule has 4 aromatic carbocycles. The quantitative estimate of drug-likeness (QED) is 0.129. The molecule has 0 atom stereocenters. The van der Waals surface area contributed by atoms with E-state index >= 15 is 0 Å². The van der Waals surface area contributed by atoms with Gasteiger partial charge in [0.25, 0.3) is 0 Å². The molecular formula is C48H64AuN4+. The van der Waals surface area contributed by atoms with Crippen LogP contribution in [0.15, 0.2) is 73.1 Å². The second kappa shape index (κ2) is 17.8. The van der Waals surface area contributed by atoms with E-state index in [1.54, 1.807) is 0 Å². The van der Waals surface area contributed by atoms with Crippen molar-refractivity contribution >= 4 is 22.7 Å². The van der Waals surface area contributed by atoms with Gasteiger partial charge in [0.15, 0.2) is 0 Å². The van der Waals surface area contributed by atoms with Crippen LogP contribution in [-0.2, 0) is 22.4 Å². The van der Waals surface area contributed by atoms with Gasteiger partial charge in [-0.1, -0.05) is 127 Å². The van der Waals surface area contributed by atoms with Gasteiger partial charge in [-0.05, 0) is 122 Å². The van der Waals surface area contributed by atoms with Crippen LogP contribution in [0.2, 0.25) is 0 Å². The maximum absolute atomic E-state index is 2.51. The average molecular weight is 894 g/mol. The van der Waals surface area contributed by atoms with Gasteiger partial charge in [0, 0.05) is 35.8 Å². The summed E-state index contributed by atoms with van der Waals surface area (Å²) < 4.78 is 0. The molecule has 2 aliphatic heterocycles. The number of nitrogens with zero attached hydrogens (tertiary/aromatic N) is 4. The molecule has 0 radical (unpaired) electrons. The summed E-state index contributed by atoms with van der Waals surface area (Å²) in [5.74, 6) is 2.06. The number of hydrogen-bond acceptors (Lipinski definition) is 4. The molecule has 0 bridgehead atoms. The Balaban J connectivity index is 0.000000238. The molecular weight excluding hydrogens is 830 g/mol. The first-order chi connectivity index (χ1) is 24.6. The van der Waals surface area contributed by atoms with Gasteiger partial charge in [-0.15, -0.1) is 6.67 Å². The van der Waals surface area contributed by atoms with Gasteiger partial charge in [0.05, 0.1) is 0 Å². The summed E-state index contributed by atoms with van der Waals surface area (Å²) in [6.45, 7) is 38.1. The Kier molecular flexibility index (Phi) is 14.2. The maximum atomic E-state index is 2.51. The third-order valence-electron chi connectivity index (χ3n) is 10.5. The Morgan fingerprint density at radius 2 is 0.717 bits per heavy atom. The molecule has 0 unspecified atom stereocenters. The third kappa shape index (κ3) is 9.27. The standard InChI is InChI=1S/C27H39N2.C21H25N2.Au/c1-18(2)22-11-9-12-23(19(3)4)26(22)28-15-16-29(17-28)27-24(20(5)6)13-10-14-25(27)21(7)8;1-14-9-16(3)20(17(4)10-14)22-7-8-23(13-22)21-18(5)11-15(2)12-19(21)6;/h9-14,17-21H,15-16H2,1-8H3;7-13H,1-6H3;/q2*-1;+3. The minimum Gasteiger partial charge on any atom is -0.502 e. The smallest absolute Gasteiger partial charge is 0.502 e. The summed E-state index contributed by atoms with van der Waals surface area (Å²) >= 11 is 0. The van der Waals surface area contributed by atoms with Crippen LogP contribution in [0.4, 0.5) is 22.7 Å². The minimum atomic E-state index is 0. The normalized spacial score (nSPS) is 14.2. The van der Waals surface area contributed by atoms with E-state index in [0.717, 1.165) is 13.1 Å². The Bertz CT molecular complexity index is 1670. The molecule has 1 saturated heterocycles. The predicted molar refractivity (Wildman–Crippen MR) is 228 cm³/mol. The second-order valence-electron chi connectivity index (χ2n) is 16.4. The summed E-state index contributed by atoms with van der Waals surface area (Å²) in [5, 5.41) is 0. The Morgan fingerprint density at radius 3 is 0.981 bits per heavy atom. The predicted octanol–water partition coefficient (Wildman–Crippen LogP) is 13.1. The van der Waals surface area contributed by atoms with Crippen LogP contribution >= 0.6 is 0 Å². The molecule has 4 aromatic rings. The number of anilines is 4. The Labute approximate surface area is 338 Å². The number of benzene rings is 4. The van der Waals surface area contributed by atoms with E-state index in [4.69, 9.17) is 0 Å². The van der Waals surface area contributed by atoms with E-state index in [0.29, 0.717) is 23.7 Å². The Hall–Kier alpha value is -3.44. The number of hydrogen-bond donors (Lipinski definition) is 0. The zero-order valence-corrected chi connectivity index (χ0v) is 37.1. The van der Waals surface area contributed by atoms with E-state index in [9.17, 15) is 0 Å². The van der Waals surface area contributed by atoms with Crippen LogP contribution < -0.4 is 19.6 Å². The van der Waals surface area contributed by atoms with E-state index in [-0.39, 0.29) is 22.4 Å². The fourth-order valence-electron chi connectivity index (χ4n) is 8.30. The van der Waals surface area contributed by atoms with Gasteiger partial charge < -0.3 is 19.6 Å². The van der Waals surface area contributed by atoms with Crippen molar-refractivity contribution in [2.75, 3.05) is 32.7 Å². The molecule has 53 heavy (non-hydrogen) atoms. The molecule has 0 amide bonds. The maximum Gasteiger partial charge on any atom is 3.00 e. The van der Waals surface area contributed by atoms with Gasteiger partial charge in [-0.25, -0.2) is 0 Å². The summed E-state index contributed by atoms with van der Waals surface area (Å²) in [6.07, 6.45) is 4.28. The Morgan fingerprint density at radius 1 is 0.434 bits per heavy atom. The molecule has 5 heteroatoms. The van der Waals surface area contributed by atoms with Crippen molar-refractivity contribution in [2.24, 2.45) is 0 Å². The van der Waals surface area contributed by atoms with Crippen molar-refractivity contribution in [2.45, 2.75) is 121 Å². The topological polar surface area (TPSA) is 13.0 Å². The van der Waals surface area contributed by atoms with Crippen molar-refractivity contribution in [3.8, 4) is 0 Å². The van der Waals surface area contributed by atoms with Gasteiger partial charge in [-0.2, -0.15) is 6.67 Å². The molecule has 0 N–H and O–H groups in total. The zero-order valence-electron chi connectivity index (χ0n) is 34.9. The van der Waals surface area contributed by atoms with Crippen molar-refractivity contribution in [3.63, 3.8) is 0 Å². The van der Waals surface area contributed by atoms with Gasteiger partial charge in [-0.3, -0.25) is 0 Å². The molecule has 0 aliphatic carbocycles. The molecule has 2 heterocycles. The average Bonchev–Trinajstić information content (AvgIpc) is 3.74. The summed E-state index contributed by atoms with van der Waals surface area (Å²) in [4.78, 5) is 9.46. The van der Waals surface area contributed by atoms with E-state index < -0.39 is 0 Å². The SMILES string of the molecule is CC(C)c1cccc(C(C)C)c1N1[CH-]N(c2c(C(C)C)cccc2C(C)C)CC1.Cc1cc(C)c(N2C=CN(c3c(C)cc(C)cc3C)[CH-]2)c(C)c1.[Au+3]. The summed E-state index contributed by atoms with van der Waals surface area (Å²) in [5.41, 5.74) is 19.1. The van der Waals surface area contributed by atoms with Crippen molar-refractivity contribution in [1.29, 1.82) is 0 Å². The van der Waals surface area contributed by atoms with Crippen molar-refractivity contribution in [3.05, 3.63) is 142 Å². The van der Waals surface area contributed by atoms with E-state index in [1.807, 2.05) is 0 Å². The van der Waals surface area contributed by atoms with Gasteiger partial charge >= 0.3 is 22.4 Å². The number of aryl methyl sites for hydroxylation is 6. The van der Waals surface area contributed by atoms with E-state index in [2.05, 4.69) is 203 Å². The fourth-order valence-corrected chi connectivity index (χ4v) is 8.30. The molecule has 0 saturated carbocycles. The van der Waals surface area contributed by atoms with Crippen LogP contribution in [0, 0.1) is 54.9 Å². The molecule has 4 nitrogen and oxygen atoms in total. The van der Waals surface area contributed by atoms with Crippen molar-refractivity contribution < 1.29 is 22.4 Å². The third-order valence-corrected chi connectivity index (χ3v) is 10.5. The molecule has 0 spiro atoms. The van der Waals surface area contributed by atoms with Crippen LogP contribution in [0.3, 0.4) is 0 Å². The monoisotopic (exact) mass is 893 g/mol. The largest absolute Gasteiger partial charge is 3.00 e. The fraction of sp³-hybridized carbons (Fsp3) is 0.417. The molecule has 2 aliphatic rings. The second-order valence-corrected chi connectivity index (χ2v) is 16.4. The number of para-hydroxylation sites is 2. The summed E-state index contributed by atoms with van der Waals surface area (Å²) in [7, 11) is 0. The van der Waals surface area contributed by atoms with Crippen LogP contribution in [0.5, 0.6) is 0 Å². The zero-order chi connectivity index (χ0) is 38.0. The van der Waals surface area contributed by atoms with Crippen LogP contribution in [0.1, 0.15) is 135 Å². The van der Waals surface area contributed by atoms with Gasteiger partial charge in [0.1, 0.15) is 0 Å². The first kappa shape index (κ1) is 42.3. The first-order valence-electron chi connectivity index (χ1n) is 19.5. The van der Waals surface area contributed by atoms with Crippen molar-refractivity contribution in [1.82, 2.24) is 0 Å². The first-order valence-corrected chi connectivity index (χ1v) is 19.5. The van der Waals surface area contributed by atoms with Crippen LogP contribution in [-0.4, -0.2) is 13.1 Å². The number of rotatable bonds is 8. The van der Waals surface area contributed by atoms with Gasteiger partial charge in [0.2, 0.25) is 0 Å². The molecule has 286 valence electrons. The van der Waals surface area contributed by atoms with E-state index in [1.165, 1.54) is 78.4 Å². The van der Waals surface area contributed by atoms with Crippen LogP contribution in [0.25, 0.3) is 0 Å². The molecule has 1 fully saturated rings. The molecule has 6 rings (SSSR count).